The van der Waals surface area contributed by atoms with E-state index >= 15 is 0 Å². The number of thiazole rings is 1. The molecule has 7 nitrogen and oxygen atoms in total. The van der Waals surface area contributed by atoms with Gasteiger partial charge in [0.15, 0.2) is 16.8 Å². The first-order chi connectivity index (χ1) is 16.0. The van der Waals surface area contributed by atoms with Crippen LogP contribution in [0.3, 0.4) is 0 Å². The van der Waals surface area contributed by atoms with Crippen molar-refractivity contribution in [3.8, 4) is 22.8 Å². The van der Waals surface area contributed by atoms with Crippen LogP contribution in [0.5, 0.6) is 0 Å². The number of fused-ring (bicyclic) bond motifs is 1. The van der Waals surface area contributed by atoms with E-state index in [2.05, 4.69) is 15.1 Å². The Balaban J connectivity index is 1.42. The van der Waals surface area contributed by atoms with Crippen molar-refractivity contribution in [3.63, 3.8) is 0 Å². The van der Waals surface area contributed by atoms with Gasteiger partial charge >= 0.3 is 0 Å². The van der Waals surface area contributed by atoms with Crippen LogP contribution in [-0.4, -0.2) is 43.6 Å². The molecule has 2 aromatic carbocycles. The Kier molecular flexibility index (Phi) is 5.59. The lowest BCUT2D eigenvalue weighted by Crippen LogP contribution is -2.36. The van der Waals surface area contributed by atoms with Crippen molar-refractivity contribution in [2.45, 2.75) is 19.4 Å². The van der Waals surface area contributed by atoms with Crippen LogP contribution in [-0.2, 0) is 24.2 Å². The van der Waals surface area contributed by atoms with Crippen molar-refractivity contribution < 1.29 is 13.6 Å². The van der Waals surface area contributed by atoms with Crippen molar-refractivity contribution in [3.05, 3.63) is 70.7 Å². The van der Waals surface area contributed by atoms with Crippen molar-refractivity contribution in [2.24, 2.45) is 0 Å². The Hall–Kier alpha value is -3.66. The molecule has 1 aliphatic heterocycles. The fourth-order valence-electron chi connectivity index (χ4n) is 3.85. The third-order valence-corrected chi connectivity index (χ3v) is 6.52. The topological polar surface area (TPSA) is 89.9 Å². The van der Waals surface area contributed by atoms with E-state index in [0.29, 0.717) is 53.8 Å². The number of rotatable bonds is 4. The maximum absolute atomic E-state index is 13.5. The summed E-state index contributed by atoms with van der Waals surface area (Å²) in [6.45, 7) is 1.09. The second kappa shape index (κ2) is 8.70. The number of nitrogens with zero attached hydrogens (tertiary/aromatic N) is 5. The van der Waals surface area contributed by atoms with Crippen LogP contribution in [0.25, 0.3) is 22.8 Å². The molecule has 2 aromatic heterocycles. The molecule has 0 bridgehead atoms. The van der Waals surface area contributed by atoms with Gasteiger partial charge in [-0.2, -0.15) is 0 Å². The lowest BCUT2D eigenvalue weighted by molar-refractivity contribution is -0.131. The van der Waals surface area contributed by atoms with Gasteiger partial charge in [0, 0.05) is 41.9 Å². The number of hydrogen-bond acceptors (Lipinski definition) is 6. The number of nitrogen functional groups attached to an aromatic ring is 1. The third-order valence-electron chi connectivity index (χ3n) is 5.54. The van der Waals surface area contributed by atoms with Gasteiger partial charge < -0.3 is 10.6 Å². The Labute approximate surface area is 192 Å². The lowest BCUT2D eigenvalue weighted by atomic mass is 10.2. The zero-order valence-corrected chi connectivity index (χ0v) is 18.4. The maximum atomic E-state index is 13.5. The molecule has 0 aliphatic carbocycles. The molecule has 4 aromatic rings. The summed E-state index contributed by atoms with van der Waals surface area (Å²) in [5.74, 6) is -0.0353. The highest BCUT2D eigenvalue weighted by Gasteiger charge is 2.23. The molecule has 1 amide bonds. The fourth-order valence-corrected chi connectivity index (χ4v) is 4.71. The van der Waals surface area contributed by atoms with Crippen molar-refractivity contribution >= 4 is 22.4 Å². The van der Waals surface area contributed by atoms with Crippen LogP contribution >= 0.6 is 11.3 Å². The third kappa shape index (κ3) is 4.47. The molecular weight excluding hydrogens is 446 g/mol. The Bertz CT molecular complexity index is 1270. The van der Waals surface area contributed by atoms with Gasteiger partial charge in [-0.05, 0) is 48.5 Å². The number of amides is 1. The zero-order chi connectivity index (χ0) is 22.9. The van der Waals surface area contributed by atoms with E-state index < -0.39 is 0 Å². The first kappa shape index (κ1) is 21.2. The lowest BCUT2D eigenvalue weighted by Gasteiger charge is -2.20. The average Bonchev–Trinajstić information content (AvgIpc) is 3.32. The summed E-state index contributed by atoms with van der Waals surface area (Å²) in [5.41, 5.74) is 8.01. The van der Waals surface area contributed by atoms with Gasteiger partial charge in [0.2, 0.25) is 5.91 Å². The van der Waals surface area contributed by atoms with Crippen molar-refractivity contribution in [2.75, 3.05) is 18.8 Å². The number of aromatic nitrogens is 4. The van der Waals surface area contributed by atoms with Gasteiger partial charge in [0.05, 0.1) is 5.69 Å². The number of nitrogens with two attached hydrogens (primary N) is 1. The van der Waals surface area contributed by atoms with E-state index in [-0.39, 0.29) is 24.1 Å². The minimum atomic E-state index is -0.370. The van der Waals surface area contributed by atoms with E-state index in [1.165, 1.54) is 40.3 Å². The molecule has 1 aliphatic rings. The minimum Gasteiger partial charge on any atom is -0.375 e. The van der Waals surface area contributed by atoms with Crippen LogP contribution < -0.4 is 5.73 Å². The summed E-state index contributed by atoms with van der Waals surface area (Å²) in [5, 5.41) is 5.08. The fraction of sp³-hybridized carbons (Fsp3) is 0.217. The molecule has 0 radical (unpaired) electrons. The van der Waals surface area contributed by atoms with Crippen LogP contribution in [0.1, 0.15) is 10.6 Å². The normalized spacial score (nSPS) is 13.6. The number of halogens is 2. The molecule has 0 spiro atoms. The number of benzene rings is 2. The number of carbonyl (C=O) groups excluding carboxylic acids is 1. The first-order valence-corrected chi connectivity index (χ1v) is 11.3. The highest BCUT2D eigenvalue weighted by molar-refractivity contribution is 7.15. The van der Waals surface area contributed by atoms with E-state index in [4.69, 9.17) is 5.73 Å². The van der Waals surface area contributed by atoms with Gasteiger partial charge in [-0.3, -0.25) is 4.79 Å². The summed E-state index contributed by atoms with van der Waals surface area (Å²) in [4.78, 5) is 25.0. The summed E-state index contributed by atoms with van der Waals surface area (Å²) < 4.78 is 28.3. The highest BCUT2D eigenvalue weighted by atomic mass is 32.1. The standard InChI is InChI=1S/C23H20F2N6OS/c24-16-5-1-14(2-6-16)21-28-22(15-3-7-17(25)8-4-15)31(29-21)13-20(32)30-11-9-18-19(10-12-30)33-23(26)27-18/h1-8H,9-13H2,(H2,26,27). The molecule has 0 saturated heterocycles. The Morgan fingerprint density at radius 2 is 1.58 bits per heavy atom. The largest absolute Gasteiger partial charge is 0.375 e. The number of hydrogen-bond donors (Lipinski definition) is 1. The number of carbonyl (C=O) groups is 1. The SMILES string of the molecule is Nc1nc2c(s1)CCN(C(=O)Cn1nc(-c3ccc(F)cc3)nc1-c1ccc(F)cc1)CC2. The average molecular weight is 467 g/mol. The number of anilines is 1. The molecule has 33 heavy (non-hydrogen) atoms. The summed E-state index contributed by atoms with van der Waals surface area (Å²) in [6.07, 6.45) is 1.36. The molecule has 0 saturated carbocycles. The van der Waals surface area contributed by atoms with E-state index in [1.54, 1.807) is 29.2 Å². The molecular formula is C23H20F2N6OS. The van der Waals surface area contributed by atoms with Gasteiger partial charge in [0.25, 0.3) is 0 Å². The maximum Gasteiger partial charge on any atom is 0.244 e. The van der Waals surface area contributed by atoms with Crippen LogP contribution in [0, 0.1) is 11.6 Å². The van der Waals surface area contributed by atoms with Crippen LogP contribution in [0.2, 0.25) is 0 Å². The van der Waals surface area contributed by atoms with Gasteiger partial charge in [-0.25, -0.2) is 23.4 Å². The van der Waals surface area contributed by atoms with Crippen LogP contribution in [0.4, 0.5) is 13.9 Å². The quantitative estimate of drug-likeness (QED) is 0.497. The summed E-state index contributed by atoms with van der Waals surface area (Å²) in [6, 6.07) is 11.7. The van der Waals surface area contributed by atoms with Gasteiger partial charge in [0.1, 0.15) is 18.2 Å². The van der Waals surface area contributed by atoms with E-state index in [1.807, 2.05) is 0 Å². The monoisotopic (exact) mass is 466 g/mol. The first-order valence-electron chi connectivity index (χ1n) is 10.4. The molecule has 0 fully saturated rings. The van der Waals surface area contributed by atoms with Gasteiger partial charge in [-0.15, -0.1) is 16.4 Å². The van der Waals surface area contributed by atoms with Crippen molar-refractivity contribution in [1.82, 2.24) is 24.6 Å². The Morgan fingerprint density at radius 1 is 0.939 bits per heavy atom. The molecule has 168 valence electrons. The van der Waals surface area contributed by atoms with E-state index in [9.17, 15) is 13.6 Å². The Morgan fingerprint density at radius 3 is 2.27 bits per heavy atom. The predicted molar refractivity (Wildman–Crippen MR) is 121 cm³/mol. The summed E-state index contributed by atoms with van der Waals surface area (Å²) in [7, 11) is 0. The second-order valence-corrected chi connectivity index (χ2v) is 8.85. The summed E-state index contributed by atoms with van der Waals surface area (Å²) >= 11 is 1.47. The van der Waals surface area contributed by atoms with Gasteiger partial charge in [-0.1, -0.05) is 0 Å². The second-order valence-electron chi connectivity index (χ2n) is 7.73. The molecule has 10 heteroatoms. The minimum absolute atomic E-state index is 0.0237. The molecule has 3 heterocycles. The van der Waals surface area contributed by atoms with Crippen molar-refractivity contribution in [1.29, 1.82) is 0 Å². The predicted octanol–water partition coefficient (Wildman–Crippen LogP) is 3.56. The smallest absolute Gasteiger partial charge is 0.244 e. The molecule has 0 unspecified atom stereocenters. The van der Waals surface area contributed by atoms with Crippen LogP contribution in [0.15, 0.2) is 48.5 Å². The molecule has 2 N–H and O–H groups in total. The molecule has 5 rings (SSSR count). The van der Waals surface area contributed by atoms with E-state index in [0.717, 1.165) is 10.6 Å². The molecule has 0 atom stereocenters. The highest BCUT2D eigenvalue weighted by Crippen LogP contribution is 2.26. The zero-order valence-electron chi connectivity index (χ0n) is 17.5.